The van der Waals surface area contributed by atoms with E-state index in [1.54, 1.807) is 0 Å². The van der Waals surface area contributed by atoms with Gasteiger partial charge in [-0.15, -0.1) is 0 Å². The molecule has 0 amide bonds. The minimum Gasteiger partial charge on any atom is -0.370 e. The highest BCUT2D eigenvalue weighted by atomic mass is 16.5. The Kier molecular flexibility index (Phi) is 4.02. The van der Waals surface area contributed by atoms with Crippen molar-refractivity contribution in [3.05, 3.63) is 0 Å². The van der Waals surface area contributed by atoms with Crippen LogP contribution in [0.5, 0.6) is 0 Å². The molecule has 2 saturated carbocycles. The standard InChI is InChI=1S/C17H29N3O/c1-13-10-20(12-16(2,3)21-13)15-5-4-8-17(9-15,11-18)19-14-6-7-14/h13-15,19H,4-10,12H2,1-3H3. The van der Waals surface area contributed by atoms with Gasteiger partial charge in [0.05, 0.1) is 17.8 Å². The first kappa shape index (κ1) is 15.3. The van der Waals surface area contributed by atoms with Crippen molar-refractivity contribution in [1.29, 1.82) is 5.26 Å². The lowest BCUT2D eigenvalue weighted by Gasteiger charge is -2.48. The SMILES string of the molecule is CC1CN(C2CCCC(C#N)(NC3CC3)C2)CC(C)(C)O1. The molecule has 0 aromatic rings. The molecule has 1 heterocycles. The zero-order valence-corrected chi connectivity index (χ0v) is 13.7. The van der Waals surface area contributed by atoms with Crippen molar-refractivity contribution in [3.63, 3.8) is 0 Å². The van der Waals surface area contributed by atoms with Crippen molar-refractivity contribution >= 4 is 0 Å². The van der Waals surface area contributed by atoms with Crippen molar-refractivity contribution < 1.29 is 4.74 Å². The first-order chi connectivity index (χ1) is 9.91. The minimum atomic E-state index is -0.282. The van der Waals surface area contributed by atoms with Crippen LogP contribution in [0.25, 0.3) is 0 Å². The van der Waals surface area contributed by atoms with E-state index in [4.69, 9.17) is 4.74 Å². The fourth-order valence-electron chi connectivity index (χ4n) is 4.22. The highest BCUT2D eigenvalue weighted by Crippen LogP contribution is 2.36. The molecule has 3 fully saturated rings. The molecule has 1 saturated heterocycles. The summed E-state index contributed by atoms with van der Waals surface area (Å²) in [6, 6.07) is 3.74. The van der Waals surface area contributed by atoms with Crippen molar-refractivity contribution in [2.45, 2.75) is 88.6 Å². The Morgan fingerprint density at radius 2 is 2.05 bits per heavy atom. The molecule has 2 aliphatic carbocycles. The van der Waals surface area contributed by atoms with Gasteiger partial charge < -0.3 is 4.74 Å². The molecule has 1 aliphatic heterocycles. The number of ether oxygens (including phenoxy) is 1. The zero-order chi connectivity index (χ0) is 15.1. The van der Waals surface area contributed by atoms with Crippen LogP contribution in [0.2, 0.25) is 0 Å². The minimum absolute atomic E-state index is 0.0751. The molecule has 3 unspecified atom stereocenters. The lowest BCUT2D eigenvalue weighted by Crippen LogP contribution is -2.59. The first-order valence-electron chi connectivity index (χ1n) is 8.52. The monoisotopic (exact) mass is 291 g/mol. The predicted octanol–water partition coefficient (Wildman–Crippen LogP) is 2.44. The summed E-state index contributed by atoms with van der Waals surface area (Å²) < 4.78 is 6.03. The van der Waals surface area contributed by atoms with E-state index in [-0.39, 0.29) is 17.2 Å². The van der Waals surface area contributed by atoms with Crippen LogP contribution in [-0.2, 0) is 4.74 Å². The fraction of sp³-hybridized carbons (Fsp3) is 0.941. The van der Waals surface area contributed by atoms with Gasteiger partial charge in [0.15, 0.2) is 0 Å². The average molecular weight is 291 g/mol. The molecule has 4 heteroatoms. The van der Waals surface area contributed by atoms with E-state index in [9.17, 15) is 5.26 Å². The number of hydrogen-bond donors (Lipinski definition) is 1. The van der Waals surface area contributed by atoms with Gasteiger partial charge in [0.25, 0.3) is 0 Å². The van der Waals surface area contributed by atoms with Crippen molar-refractivity contribution in [1.82, 2.24) is 10.2 Å². The molecule has 0 aromatic heterocycles. The third-order valence-electron chi connectivity index (χ3n) is 5.11. The van der Waals surface area contributed by atoms with Crippen LogP contribution >= 0.6 is 0 Å². The molecule has 3 aliphatic rings. The Balaban J connectivity index is 1.68. The van der Waals surface area contributed by atoms with Gasteiger partial charge >= 0.3 is 0 Å². The second kappa shape index (κ2) is 5.53. The molecule has 0 aromatic carbocycles. The Hall–Kier alpha value is -0.630. The topological polar surface area (TPSA) is 48.3 Å². The average Bonchev–Trinajstić information content (AvgIpc) is 3.20. The summed E-state index contributed by atoms with van der Waals surface area (Å²) in [4.78, 5) is 2.58. The molecule has 0 bridgehead atoms. The number of morpholine rings is 1. The van der Waals surface area contributed by atoms with E-state index < -0.39 is 0 Å². The smallest absolute Gasteiger partial charge is 0.108 e. The maximum Gasteiger partial charge on any atom is 0.108 e. The lowest BCUT2D eigenvalue weighted by atomic mass is 9.78. The number of nitrogens with zero attached hydrogens (tertiary/aromatic N) is 2. The Morgan fingerprint density at radius 1 is 1.29 bits per heavy atom. The van der Waals surface area contributed by atoms with Gasteiger partial charge in [-0.05, 0) is 59.3 Å². The molecular weight excluding hydrogens is 262 g/mol. The summed E-state index contributed by atoms with van der Waals surface area (Å²) in [6.45, 7) is 8.50. The number of hydrogen-bond acceptors (Lipinski definition) is 4. The third-order valence-corrected chi connectivity index (χ3v) is 5.11. The van der Waals surface area contributed by atoms with E-state index >= 15 is 0 Å². The van der Waals surface area contributed by atoms with Gasteiger partial charge in [-0.1, -0.05) is 0 Å². The summed E-state index contributed by atoms with van der Waals surface area (Å²) in [5.74, 6) is 0. The summed E-state index contributed by atoms with van der Waals surface area (Å²) in [5, 5.41) is 13.4. The Morgan fingerprint density at radius 3 is 2.67 bits per heavy atom. The summed E-state index contributed by atoms with van der Waals surface area (Å²) in [6.07, 6.45) is 7.14. The quantitative estimate of drug-likeness (QED) is 0.867. The van der Waals surface area contributed by atoms with Gasteiger partial charge in [-0.3, -0.25) is 10.2 Å². The summed E-state index contributed by atoms with van der Waals surface area (Å²) in [7, 11) is 0. The molecule has 4 nitrogen and oxygen atoms in total. The van der Waals surface area contributed by atoms with Crippen LogP contribution in [0.1, 0.15) is 59.3 Å². The second-order valence-electron chi connectivity index (χ2n) is 7.98. The van der Waals surface area contributed by atoms with E-state index in [2.05, 4.69) is 37.1 Å². The van der Waals surface area contributed by atoms with Gasteiger partial charge in [0.1, 0.15) is 5.54 Å². The number of rotatable bonds is 3. The van der Waals surface area contributed by atoms with Crippen molar-refractivity contribution in [3.8, 4) is 6.07 Å². The van der Waals surface area contributed by atoms with Crippen LogP contribution < -0.4 is 5.32 Å². The van der Waals surface area contributed by atoms with E-state index in [1.807, 2.05) is 0 Å². The molecule has 3 atom stereocenters. The largest absolute Gasteiger partial charge is 0.370 e. The first-order valence-corrected chi connectivity index (χ1v) is 8.52. The normalized spacial score (nSPS) is 40.7. The number of nitriles is 1. The van der Waals surface area contributed by atoms with Crippen LogP contribution in [0, 0.1) is 11.3 Å². The predicted molar refractivity (Wildman–Crippen MR) is 83.0 cm³/mol. The van der Waals surface area contributed by atoms with E-state index in [1.165, 1.54) is 19.3 Å². The second-order valence-corrected chi connectivity index (χ2v) is 7.98. The lowest BCUT2D eigenvalue weighted by molar-refractivity contribution is -0.141. The van der Waals surface area contributed by atoms with E-state index in [0.29, 0.717) is 12.1 Å². The van der Waals surface area contributed by atoms with Gasteiger partial charge in [-0.25, -0.2) is 0 Å². The van der Waals surface area contributed by atoms with Crippen molar-refractivity contribution in [2.75, 3.05) is 13.1 Å². The zero-order valence-electron chi connectivity index (χ0n) is 13.7. The molecule has 21 heavy (non-hydrogen) atoms. The Labute approximate surface area is 128 Å². The summed E-state index contributed by atoms with van der Waals surface area (Å²) >= 11 is 0. The van der Waals surface area contributed by atoms with Gasteiger partial charge in [0.2, 0.25) is 0 Å². The van der Waals surface area contributed by atoms with E-state index in [0.717, 1.165) is 32.4 Å². The van der Waals surface area contributed by atoms with Gasteiger partial charge in [0, 0.05) is 25.2 Å². The molecule has 0 spiro atoms. The van der Waals surface area contributed by atoms with Crippen LogP contribution in [-0.4, -0.2) is 47.3 Å². The molecule has 118 valence electrons. The summed E-state index contributed by atoms with van der Waals surface area (Å²) in [5.41, 5.74) is -0.357. The highest BCUT2D eigenvalue weighted by Gasteiger charge is 2.44. The maximum atomic E-state index is 9.73. The maximum absolute atomic E-state index is 9.73. The molecule has 3 rings (SSSR count). The van der Waals surface area contributed by atoms with Crippen LogP contribution in [0.15, 0.2) is 0 Å². The molecule has 0 radical (unpaired) electrons. The third kappa shape index (κ3) is 3.59. The fourth-order valence-corrected chi connectivity index (χ4v) is 4.22. The highest BCUT2D eigenvalue weighted by molar-refractivity contribution is 5.13. The van der Waals surface area contributed by atoms with Crippen molar-refractivity contribution in [2.24, 2.45) is 0 Å². The van der Waals surface area contributed by atoms with Crippen LogP contribution in [0.4, 0.5) is 0 Å². The van der Waals surface area contributed by atoms with Crippen LogP contribution in [0.3, 0.4) is 0 Å². The number of nitrogens with one attached hydrogen (secondary N) is 1. The van der Waals surface area contributed by atoms with Gasteiger partial charge in [-0.2, -0.15) is 5.26 Å². The molecule has 1 N–H and O–H groups in total. The Bertz CT molecular complexity index is 426. The molecular formula is C17H29N3O.